The molecule has 0 atom stereocenters. The van der Waals surface area contributed by atoms with E-state index in [1.165, 1.54) is 0 Å². The van der Waals surface area contributed by atoms with Crippen LogP contribution in [0.15, 0.2) is 11.4 Å². The average Bonchev–Trinajstić information content (AvgIpc) is 2.76. The zero-order valence-electron chi connectivity index (χ0n) is 10.2. The summed E-state index contributed by atoms with van der Waals surface area (Å²) >= 11 is 1.71. The molecule has 0 saturated heterocycles. The predicted molar refractivity (Wildman–Crippen MR) is 70.5 cm³/mol. The van der Waals surface area contributed by atoms with E-state index in [1.54, 1.807) is 18.1 Å². The molecule has 0 aliphatic heterocycles. The highest BCUT2D eigenvalue weighted by Gasteiger charge is 2.09. The number of hydrogen-bond acceptors (Lipinski definition) is 6. The number of nitrogens with one attached hydrogen (secondary N) is 2. The highest BCUT2D eigenvalue weighted by atomic mass is 32.2. The Hall–Kier alpha value is -1.34. The van der Waals surface area contributed by atoms with Gasteiger partial charge in [0.2, 0.25) is 5.95 Å². The Bertz CT molecular complexity index is 495. The number of thioether (sulfide) groups is 1. The van der Waals surface area contributed by atoms with Crippen molar-refractivity contribution in [3.63, 3.8) is 0 Å². The number of imidazole rings is 1. The molecule has 2 rings (SSSR count). The van der Waals surface area contributed by atoms with Crippen molar-refractivity contribution in [1.29, 1.82) is 0 Å². The molecule has 0 aliphatic carbocycles. The van der Waals surface area contributed by atoms with Gasteiger partial charge in [-0.1, -0.05) is 0 Å². The molecule has 0 radical (unpaired) electrons. The van der Waals surface area contributed by atoms with Gasteiger partial charge in [0.25, 0.3) is 0 Å². The Labute approximate surface area is 104 Å². The molecule has 2 heterocycles. The normalized spacial score (nSPS) is 11.3. The van der Waals surface area contributed by atoms with Crippen LogP contribution in [0.3, 0.4) is 0 Å². The first-order chi connectivity index (χ1) is 8.20. The van der Waals surface area contributed by atoms with Crippen LogP contribution in [0.4, 0.5) is 5.95 Å². The second kappa shape index (κ2) is 5.33. The summed E-state index contributed by atoms with van der Waals surface area (Å²) in [6, 6.07) is 0. The summed E-state index contributed by atoms with van der Waals surface area (Å²) in [5.41, 5.74) is 1.62. The fraction of sp³-hybridized carbons (Fsp3) is 0.500. The van der Waals surface area contributed by atoms with Crippen LogP contribution in [-0.4, -0.2) is 58.3 Å². The van der Waals surface area contributed by atoms with Gasteiger partial charge in [0.1, 0.15) is 10.5 Å². The number of anilines is 1. The third-order valence-electron chi connectivity index (χ3n) is 2.25. The first-order valence-corrected chi connectivity index (χ1v) is 6.35. The maximum absolute atomic E-state index is 4.44. The van der Waals surface area contributed by atoms with Gasteiger partial charge in [-0.3, -0.25) is 0 Å². The van der Waals surface area contributed by atoms with Gasteiger partial charge in [-0.25, -0.2) is 9.97 Å². The number of aromatic amines is 1. The largest absolute Gasteiger partial charge is 0.357 e. The topological polar surface area (TPSA) is 69.7 Å². The van der Waals surface area contributed by atoms with Crippen molar-refractivity contribution in [2.75, 3.05) is 38.8 Å². The first kappa shape index (κ1) is 12.1. The molecule has 2 aromatic heterocycles. The lowest BCUT2D eigenvalue weighted by Gasteiger charge is -2.09. The molecule has 0 saturated carbocycles. The third kappa shape index (κ3) is 2.86. The van der Waals surface area contributed by atoms with E-state index in [-0.39, 0.29) is 0 Å². The number of aromatic nitrogens is 4. The van der Waals surface area contributed by atoms with Crippen molar-refractivity contribution < 1.29 is 0 Å². The minimum absolute atomic E-state index is 0.608. The highest BCUT2D eigenvalue weighted by Crippen LogP contribution is 2.23. The predicted octanol–water partition coefficient (Wildman–Crippen LogP) is 1.05. The lowest BCUT2D eigenvalue weighted by molar-refractivity contribution is 0.437. The molecule has 0 unspecified atom stereocenters. The maximum Gasteiger partial charge on any atom is 0.225 e. The Morgan fingerprint density at radius 2 is 2.24 bits per heavy atom. The van der Waals surface area contributed by atoms with Crippen LogP contribution in [0, 0.1) is 0 Å². The number of nitrogens with zero attached hydrogens (tertiary/aromatic N) is 4. The Morgan fingerprint density at radius 3 is 2.94 bits per heavy atom. The molecule has 2 N–H and O–H groups in total. The van der Waals surface area contributed by atoms with Crippen LogP contribution < -0.4 is 5.32 Å². The van der Waals surface area contributed by atoms with Gasteiger partial charge in [-0.2, -0.15) is 4.98 Å². The maximum atomic E-state index is 4.44. The second-order valence-corrected chi connectivity index (χ2v) is 4.94. The number of H-pyrrole nitrogens is 1. The van der Waals surface area contributed by atoms with E-state index in [0.717, 1.165) is 22.8 Å². The van der Waals surface area contributed by atoms with E-state index >= 15 is 0 Å². The Kier molecular flexibility index (Phi) is 3.80. The molecule has 0 aliphatic rings. The van der Waals surface area contributed by atoms with Gasteiger partial charge in [-0.15, -0.1) is 11.8 Å². The van der Waals surface area contributed by atoms with Crippen molar-refractivity contribution in [2.24, 2.45) is 0 Å². The number of fused-ring (bicyclic) bond motifs is 1. The fourth-order valence-corrected chi connectivity index (χ4v) is 2.44. The molecule has 0 bridgehead atoms. The molecule has 7 heteroatoms. The van der Waals surface area contributed by atoms with Crippen LogP contribution in [0.1, 0.15) is 0 Å². The summed E-state index contributed by atoms with van der Waals surface area (Å²) in [6.45, 7) is 1.01. The van der Waals surface area contributed by atoms with Crippen LogP contribution in [0.2, 0.25) is 0 Å². The van der Waals surface area contributed by atoms with E-state index in [9.17, 15) is 0 Å². The Morgan fingerprint density at radius 1 is 1.41 bits per heavy atom. The van der Waals surface area contributed by atoms with Crippen LogP contribution in [-0.2, 0) is 0 Å². The third-order valence-corrected chi connectivity index (χ3v) is 3.21. The molecular formula is C10H16N6S. The molecule has 17 heavy (non-hydrogen) atoms. The highest BCUT2D eigenvalue weighted by molar-refractivity contribution is 7.99. The lowest BCUT2D eigenvalue weighted by atomic mass is 10.5. The van der Waals surface area contributed by atoms with Crippen LogP contribution in [0.25, 0.3) is 11.2 Å². The van der Waals surface area contributed by atoms with Crippen molar-refractivity contribution in [3.8, 4) is 0 Å². The van der Waals surface area contributed by atoms with Gasteiger partial charge in [0, 0.05) is 19.3 Å². The van der Waals surface area contributed by atoms with Gasteiger partial charge in [0.05, 0.1) is 6.33 Å². The lowest BCUT2D eigenvalue weighted by Crippen LogP contribution is -2.14. The van der Waals surface area contributed by atoms with E-state index in [4.69, 9.17) is 0 Å². The summed E-state index contributed by atoms with van der Waals surface area (Å²) in [6.07, 6.45) is 1.65. The molecule has 6 nitrogen and oxygen atoms in total. The second-order valence-electron chi connectivity index (χ2n) is 3.86. The smallest absolute Gasteiger partial charge is 0.225 e. The number of rotatable bonds is 5. The van der Waals surface area contributed by atoms with Gasteiger partial charge in [0.15, 0.2) is 5.65 Å². The molecule has 0 amide bonds. The Balaban J connectivity index is 2.21. The van der Waals surface area contributed by atoms with E-state index in [1.807, 2.05) is 7.05 Å². The summed E-state index contributed by atoms with van der Waals surface area (Å²) in [5, 5.41) is 3.89. The van der Waals surface area contributed by atoms with Gasteiger partial charge in [-0.05, 0) is 14.1 Å². The summed E-state index contributed by atoms with van der Waals surface area (Å²) in [5.74, 6) is 1.60. The molecule has 92 valence electrons. The zero-order valence-corrected chi connectivity index (χ0v) is 11.0. The van der Waals surface area contributed by atoms with Gasteiger partial charge >= 0.3 is 0 Å². The molecule has 0 fully saturated rings. The fourth-order valence-electron chi connectivity index (χ4n) is 1.35. The van der Waals surface area contributed by atoms with E-state index < -0.39 is 0 Å². The molecular weight excluding hydrogens is 236 g/mol. The summed E-state index contributed by atoms with van der Waals surface area (Å²) < 4.78 is 0. The molecule has 0 aromatic carbocycles. The van der Waals surface area contributed by atoms with Crippen molar-refractivity contribution in [3.05, 3.63) is 6.33 Å². The minimum Gasteiger partial charge on any atom is -0.357 e. The van der Waals surface area contributed by atoms with Crippen LogP contribution in [0.5, 0.6) is 0 Å². The van der Waals surface area contributed by atoms with Gasteiger partial charge < -0.3 is 15.2 Å². The van der Waals surface area contributed by atoms with Crippen molar-refractivity contribution in [1.82, 2.24) is 24.8 Å². The SMILES string of the molecule is CNc1nc(SCCN(C)C)c2[nH]cnc2n1. The first-order valence-electron chi connectivity index (χ1n) is 5.37. The molecule has 2 aromatic rings. The van der Waals surface area contributed by atoms with E-state index in [2.05, 4.69) is 44.2 Å². The number of hydrogen-bond donors (Lipinski definition) is 2. The standard InChI is InChI=1S/C10H16N6S/c1-11-10-14-8-7(12-6-13-8)9(15-10)17-5-4-16(2)3/h6H,4-5H2,1-3H3,(H2,11,12,13,14,15). The zero-order chi connectivity index (χ0) is 12.3. The summed E-state index contributed by atoms with van der Waals surface area (Å²) in [4.78, 5) is 18.1. The monoisotopic (exact) mass is 252 g/mol. The van der Waals surface area contributed by atoms with Crippen LogP contribution >= 0.6 is 11.8 Å². The quantitative estimate of drug-likeness (QED) is 0.612. The van der Waals surface area contributed by atoms with Crippen molar-refractivity contribution >= 4 is 28.9 Å². The van der Waals surface area contributed by atoms with Crippen molar-refractivity contribution in [2.45, 2.75) is 5.03 Å². The minimum atomic E-state index is 0.608. The average molecular weight is 252 g/mol. The molecule has 0 spiro atoms. The summed E-state index contributed by atoms with van der Waals surface area (Å²) in [7, 11) is 5.93. The van der Waals surface area contributed by atoms with E-state index in [0.29, 0.717) is 11.6 Å².